The molecule has 1 amide bonds. The van der Waals surface area contributed by atoms with E-state index in [1.807, 2.05) is 0 Å². The number of nitro benzene ring substituents is 1. The topological polar surface area (TPSA) is 111 Å². The minimum atomic E-state index is -4.62. The molecule has 2 heterocycles. The molecule has 0 radical (unpaired) electrons. The number of nitro groups is 1. The number of ether oxygens (including phenoxy) is 1. The summed E-state index contributed by atoms with van der Waals surface area (Å²) in [6, 6.07) is 15.9. The first-order valence-corrected chi connectivity index (χ1v) is 13.3. The van der Waals surface area contributed by atoms with Crippen LogP contribution in [0.1, 0.15) is 34.6 Å². The van der Waals surface area contributed by atoms with Gasteiger partial charge < -0.3 is 15.4 Å². The molecule has 206 valence electrons. The highest BCUT2D eigenvalue weighted by Gasteiger charge is 2.46. The maximum Gasteiger partial charge on any atom is 0.410 e. The Hall–Kier alpha value is -3.91. The zero-order chi connectivity index (χ0) is 28.6. The van der Waals surface area contributed by atoms with Crippen LogP contribution in [-0.2, 0) is 0 Å². The molecule has 2 atom stereocenters. The highest BCUT2D eigenvalue weighted by molar-refractivity contribution is 9.10. The van der Waals surface area contributed by atoms with Gasteiger partial charge in [-0.1, -0.05) is 44.0 Å². The second-order valence-electron chi connectivity index (χ2n) is 8.88. The molecule has 0 bridgehead atoms. The standard InChI is InChI=1S/C26H18Br2F3N5O4/c27-15-3-1-14(2-4-15)21-12-23(26(29,30)31)35-24(33-21)13-22(34-35)25(37)32-17-9-18(36(38)39)11-20(10-17)40-19-7-5-16(28)6-8-19/h1-11,13,21,23,33H,12H2,(H,32,37)/t21-,23+/m0/s1. The average molecular weight is 681 g/mol. The maximum absolute atomic E-state index is 14.0. The Bertz CT molecular complexity index is 1580. The van der Waals surface area contributed by atoms with Gasteiger partial charge in [0.15, 0.2) is 11.7 Å². The Kier molecular flexibility index (Phi) is 7.55. The van der Waals surface area contributed by atoms with Crippen molar-refractivity contribution in [2.75, 3.05) is 10.6 Å². The summed E-state index contributed by atoms with van der Waals surface area (Å²) in [7, 11) is 0. The number of fused-ring (bicyclic) bond motifs is 1. The lowest BCUT2D eigenvalue weighted by atomic mass is 9.97. The Balaban J connectivity index is 1.42. The molecular formula is C26H18Br2F3N5O4. The fraction of sp³-hybridized carbons (Fsp3) is 0.154. The predicted octanol–water partition coefficient (Wildman–Crippen LogP) is 8.02. The van der Waals surface area contributed by atoms with Crippen molar-refractivity contribution < 1.29 is 27.6 Å². The number of carbonyl (C=O) groups is 1. The lowest BCUT2D eigenvalue weighted by Crippen LogP contribution is -2.35. The van der Waals surface area contributed by atoms with Crippen molar-refractivity contribution in [3.8, 4) is 11.5 Å². The SMILES string of the molecule is O=C(Nc1cc(Oc2ccc(Br)cc2)cc([N+](=O)[O-])c1)c1cc2n(n1)[C@@H](C(F)(F)F)C[C@@H](c1ccc(Br)cc1)N2. The van der Waals surface area contributed by atoms with E-state index in [1.165, 1.54) is 18.2 Å². The number of amides is 1. The number of aromatic nitrogens is 2. The summed E-state index contributed by atoms with van der Waals surface area (Å²) in [5.74, 6) is -0.357. The summed E-state index contributed by atoms with van der Waals surface area (Å²) in [5, 5.41) is 20.9. The summed E-state index contributed by atoms with van der Waals surface area (Å²) < 4.78 is 50.1. The predicted molar refractivity (Wildman–Crippen MR) is 148 cm³/mol. The van der Waals surface area contributed by atoms with E-state index in [2.05, 4.69) is 47.6 Å². The highest BCUT2D eigenvalue weighted by atomic mass is 79.9. The fourth-order valence-electron chi connectivity index (χ4n) is 4.25. The number of anilines is 2. The number of alkyl halides is 3. The molecule has 40 heavy (non-hydrogen) atoms. The number of non-ortho nitro benzene ring substituents is 1. The molecule has 14 heteroatoms. The third-order valence-corrected chi connectivity index (χ3v) is 7.16. The van der Waals surface area contributed by atoms with E-state index in [0.717, 1.165) is 19.7 Å². The summed E-state index contributed by atoms with van der Waals surface area (Å²) in [6.07, 6.45) is -4.95. The highest BCUT2D eigenvalue weighted by Crippen LogP contribution is 2.44. The van der Waals surface area contributed by atoms with E-state index in [-0.39, 0.29) is 35.1 Å². The van der Waals surface area contributed by atoms with E-state index in [4.69, 9.17) is 4.74 Å². The molecule has 1 aliphatic heterocycles. The number of hydrogen-bond donors (Lipinski definition) is 2. The van der Waals surface area contributed by atoms with Crippen molar-refractivity contribution >= 4 is 55.0 Å². The molecule has 0 fully saturated rings. The number of rotatable bonds is 6. The molecule has 0 saturated carbocycles. The fourth-order valence-corrected chi connectivity index (χ4v) is 4.78. The van der Waals surface area contributed by atoms with Gasteiger partial charge in [0.05, 0.1) is 22.7 Å². The molecule has 5 rings (SSSR count). The molecule has 0 unspecified atom stereocenters. The molecule has 0 spiro atoms. The lowest BCUT2D eigenvalue weighted by molar-refractivity contribution is -0.384. The van der Waals surface area contributed by atoms with Gasteiger partial charge in [0.25, 0.3) is 11.6 Å². The van der Waals surface area contributed by atoms with Crippen molar-refractivity contribution in [3.05, 3.63) is 103 Å². The molecule has 9 nitrogen and oxygen atoms in total. The van der Waals surface area contributed by atoms with Gasteiger partial charge in [-0.25, -0.2) is 4.68 Å². The van der Waals surface area contributed by atoms with Crippen LogP contribution in [0.3, 0.4) is 0 Å². The van der Waals surface area contributed by atoms with Crippen molar-refractivity contribution in [1.29, 1.82) is 0 Å². The minimum absolute atomic E-state index is 0.00496. The Morgan fingerprint density at radius 1 is 1.02 bits per heavy atom. The number of carbonyl (C=O) groups excluding carboxylic acids is 1. The molecule has 3 aromatic carbocycles. The molecule has 0 aliphatic carbocycles. The second kappa shape index (κ2) is 10.9. The van der Waals surface area contributed by atoms with Crippen LogP contribution >= 0.6 is 31.9 Å². The number of nitrogens with one attached hydrogen (secondary N) is 2. The number of nitrogens with zero attached hydrogens (tertiary/aromatic N) is 3. The van der Waals surface area contributed by atoms with E-state index < -0.39 is 29.1 Å². The van der Waals surface area contributed by atoms with Gasteiger partial charge in [-0.2, -0.15) is 18.3 Å². The van der Waals surface area contributed by atoms with Crippen LogP contribution in [-0.4, -0.2) is 26.8 Å². The first-order chi connectivity index (χ1) is 19.0. The Morgan fingerprint density at radius 2 is 1.68 bits per heavy atom. The average Bonchev–Trinajstić information content (AvgIpc) is 3.33. The normalized spacial score (nSPS) is 16.5. The van der Waals surface area contributed by atoms with Gasteiger partial charge >= 0.3 is 6.18 Å². The minimum Gasteiger partial charge on any atom is -0.457 e. The maximum atomic E-state index is 14.0. The van der Waals surface area contributed by atoms with Gasteiger partial charge in [-0.05, 0) is 42.0 Å². The van der Waals surface area contributed by atoms with E-state index in [9.17, 15) is 28.1 Å². The molecule has 4 aromatic rings. The van der Waals surface area contributed by atoms with E-state index in [1.54, 1.807) is 48.5 Å². The van der Waals surface area contributed by atoms with Crippen LogP contribution < -0.4 is 15.4 Å². The molecule has 1 aliphatic rings. The molecular weight excluding hydrogens is 663 g/mol. The van der Waals surface area contributed by atoms with Crippen LogP contribution in [0, 0.1) is 10.1 Å². The van der Waals surface area contributed by atoms with Gasteiger partial charge in [-0.15, -0.1) is 0 Å². The third-order valence-electron chi connectivity index (χ3n) is 6.10. The zero-order valence-electron chi connectivity index (χ0n) is 20.2. The number of halogens is 5. The lowest BCUT2D eigenvalue weighted by Gasteiger charge is -2.33. The third kappa shape index (κ3) is 6.12. The summed E-state index contributed by atoms with van der Waals surface area (Å²) in [5.41, 5.74) is -0.00330. The second-order valence-corrected chi connectivity index (χ2v) is 10.7. The monoisotopic (exact) mass is 679 g/mol. The zero-order valence-corrected chi connectivity index (χ0v) is 23.3. The first-order valence-electron chi connectivity index (χ1n) is 11.7. The van der Waals surface area contributed by atoms with Crippen molar-refractivity contribution in [2.24, 2.45) is 0 Å². The van der Waals surface area contributed by atoms with Gasteiger partial charge in [-0.3, -0.25) is 14.9 Å². The van der Waals surface area contributed by atoms with Crippen LogP contribution in [0.25, 0.3) is 0 Å². The van der Waals surface area contributed by atoms with Crippen LogP contribution in [0.15, 0.2) is 81.7 Å². The van der Waals surface area contributed by atoms with Crippen molar-refractivity contribution in [3.63, 3.8) is 0 Å². The van der Waals surface area contributed by atoms with Crippen LogP contribution in [0.4, 0.5) is 30.4 Å². The number of benzene rings is 3. The Morgan fingerprint density at radius 3 is 2.30 bits per heavy atom. The largest absolute Gasteiger partial charge is 0.457 e. The van der Waals surface area contributed by atoms with Crippen LogP contribution in [0.2, 0.25) is 0 Å². The van der Waals surface area contributed by atoms with Gasteiger partial charge in [0, 0.05) is 33.6 Å². The first kappa shape index (κ1) is 27.6. The van der Waals surface area contributed by atoms with Crippen LogP contribution in [0.5, 0.6) is 11.5 Å². The quantitative estimate of drug-likeness (QED) is 0.158. The molecule has 1 aromatic heterocycles. The number of hydrogen-bond acceptors (Lipinski definition) is 6. The van der Waals surface area contributed by atoms with Gasteiger partial charge in [0.2, 0.25) is 0 Å². The summed E-state index contributed by atoms with van der Waals surface area (Å²) in [6.45, 7) is 0. The molecule has 2 N–H and O–H groups in total. The van der Waals surface area contributed by atoms with Crippen molar-refractivity contribution in [2.45, 2.75) is 24.7 Å². The van der Waals surface area contributed by atoms with E-state index >= 15 is 0 Å². The summed E-state index contributed by atoms with van der Waals surface area (Å²) in [4.78, 5) is 23.9. The molecule has 0 saturated heterocycles. The van der Waals surface area contributed by atoms with Gasteiger partial charge in [0.1, 0.15) is 17.3 Å². The smallest absolute Gasteiger partial charge is 0.410 e. The Labute approximate surface area is 241 Å². The van der Waals surface area contributed by atoms with E-state index in [0.29, 0.717) is 11.3 Å². The van der Waals surface area contributed by atoms with Crippen molar-refractivity contribution in [1.82, 2.24) is 9.78 Å². The summed E-state index contributed by atoms with van der Waals surface area (Å²) >= 11 is 6.62.